The fourth-order valence-electron chi connectivity index (χ4n) is 1.54. The minimum absolute atomic E-state index is 0.0387. The Bertz CT molecular complexity index is 293. The molecule has 0 fully saturated rings. The Morgan fingerprint density at radius 3 is 2.40 bits per heavy atom. The minimum Gasteiger partial charge on any atom is -0.327 e. The molecule has 0 bridgehead atoms. The third-order valence-electron chi connectivity index (χ3n) is 3.42. The van der Waals surface area contributed by atoms with Crippen LogP contribution in [0.2, 0.25) is 0 Å². The summed E-state index contributed by atoms with van der Waals surface area (Å²) in [5, 5.41) is 3.32. The van der Waals surface area contributed by atoms with Gasteiger partial charge >= 0.3 is 0 Å². The van der Waals surface area contributed by atoms with E-state index in [1.54, 1.807) is 0 Å². The van der Waals surface area contributed by atoms with E-state index < -0.39 is 0 Å². The van der Waals surface area contributed by atoms with Gasteiger partial charge in [-0.2, -0.15) is 0 Å². The lowest BCUT2D eigenvalue weighted by molar-refractivity contribution is 0.299. The summed E-state index contributed by atoms with van der Waals surface area (Å²) >= 11 is 0. The first-order valence-corrected chi connectivity index (χ1v) is 5.57. The van der Waals surface area contributed by atoms with Gasteiger partial charge in [0.25, 0.3) is 0 Å². The molecule has 0 amide bonds. The number of hydrogen-bond acceptors (Lipinski definition) is 2. The molecule has 0 unspecified atom stereocenters. The number of rotatable bonds is 4. The van der Waals surface area contributed by atoms with E-state index in [9.17, 15) is 0 Å². The van der Waals surface area contributed by atoms with Gasteiger partial charge in [0.15, 0.2) is 0 Å². The Morgan fingerprint density at radius 2 is 1.93 bits per heavy atom. The number of nitrogens with one attached hydrogen (secondary N) is 1. The largest absolute Gasteiger partial charge is 0.327 e. The van der Waals surface area contributed by atoms with Crippen LogP contribution in [0.4, 0.5) is 0 Å². The SMILES string of the molecule is CCC(C)(C)n1cncc1C(C)(C)NC. The third kappa shape index (κ3) is 2.23. The minimum atomic E-state index is -0.0387. The zero-order valence-electron chi connectivity index (χ0n) is 10.8. The molecule has 1 aromatic rings. The van der Waals surface area contributed by atoms with Crippen LogP contribution in [0.3, 0.4) is 0 Å². The Kier molecular flexibility index (Phi) is 3.24. The van der Waals surface area contributed by atoms with E-state index in [4.69, 9.17) is 0 Å². The van der Waals surface area contributed by atoms with Gasteiger partial charge in [-0.1, -0.05) is 6.92 Å². The summed E-state index contributed by atoms with van der Waals surface area (Å²) in [6.45, 7) is 11.0. The molecule has 0 aliphatic heterocycles. The number of hydrogen-bond donors (Lipinski definition) is 1. The van der Waals surface area contributed by atoms with E-state index in [1.165, 1.54) is 5.69 Å². The summed E-state index contributed by atoms with van der Waals surface area (Å²) in [4.78, 5) is 4.27. The van der Waals surface area contributed by atoms with Crippen molar-refractivity contribution in [2.24, 2.45) is 0 Å². The van der Waals surface area contributed by atoms with Crippen LogP contribution in [-0.2, 0) is 11.1 Å². The highest BCUT2D eigenvalue weighted by Gasteiger charge is 2.28. The molecule has 0 aromatic carbocycles. The number of imidazole rings is 1. The average molecular weight is 209 g/mol. The average Bonchev–Trinajstić information content (AvgIpc) is 2.67. The van der Waals surface area contributed by atoms with E-state index in [0.717, 1.165) is 6.42 Å². The van der Waals surface area contributed by atoms with E-state index in [2.05, 4.69) is 49.5 Å². The van der Waals surface area contributed by atoms with Gasteiger partial charge in [-0.25, -0.2) is 4.98 Å². The molecule has 0 spiro atoms. The number of aromatic nitrogens is 2. The molecule has 0 aliphatic carbocycles. The highest BCUT2D eigenvalue weighted by molar-refractivity contribution is 5.13. The zero-order chi connectivity index (χ0) is 11.7. The maximum atomic E-state index is 4.27. The van der Waals surface area contributed by atoms with Crippen LogP contribution in [-0.4, -0.2) is 16.6 Å². The molecule has 86 valence electrons. The second-order valence-electron chi connectivity index (χ2n) is 5.19. The van der Waals surface area contributed by atoms with Crippen LogP contribution >= 0.6 is 0 Å². The van der Waals surface area contributed by atoms with Crippen molar-refractivity contribution >= 4 is 0 Å². The summed E-state index contributed by atoms with van der Waals surface area (Å²) < 4.78 is 2.27. The van der Waals surface area contributed by atoms with Crippen LogP contribution in [0.25, 0.3) is 0 Å². The Hall–Kier alpha value is -0.830. The fraction of sp³-hybridized carbons (Fsp3) is 0.750. The van der Waals surface area contributed by atoms with Gasteiger partial charge in [-0.15, -0.1) is 0 Å². The highest BCUT2D eigenvalue weighted by Crippen LogP contribution is 2.27. The summed E-state index contributed by atoms with van der Waals surface area (Å²) in [7, 11) is 1.98. The monoisotopic (exact) mass is 209 g/mol. The molecular weight excluding hydrogens is 186 g/mol. The van der Waals surface area contributed by atoms with E-state index in [-0.39, 0.29) is 11.1 Å². The van der Waals surface area contributed by atoms with Gasteiger partial charge in [0.2, 0.25) is 0 Å². The molecule has 1 rings (SSSR count). The summed E-state index contributed by atoms with van der Waals surface area (Å²) in [6, 6.07) is 0. The van der Waals surface area contributed by atoms with Gasteiger partial charge in [-0.3, -0.25) is 0 Å². The lowest BCUT2D eigenvalue weighted by atomic mass is 9.96. The molecule has 1 N–H and O–H groups in total. The molecule has 0 radical (unpaired) electrons. The van der Waals surface area contributed by atoms with Gasteiger partial charge in [-0.05, 0) is 41.2 Å². The van der Waals surface area contributed by atoms with Crippen LogP contribution in [0.5, 0.6) is 0 Å². The van der Waals surface area contributed by atoms with Gasteiger partial charge < -0.3 is 9.88 Å². The van der Waals surface area contributed by atoms with Crippen LogP contribution < -0.4 is 5.32 Å². The van der Waals surface area contributed by atoms with Crippen molar-refractivity contribution in [2.45, 2.75) is 52.1 Å². The fourth-order valence-corrected chi connectivity index (χ4v) is 1.54. The predicted octanol–water partition coefficient (Wildman–Crippen LogP) is 2.48. The molecule has 1 aromatic heterocycles. The van der Waals surface area contributed by atoms with Gasteiger partial charge in [0.05, 0.1) is 23.8 Å². The molecule has 0 aliphatic rings. The first-order valence-electron chi connectivity index (χ1n) is 5.57. The standard InChI is InChI=1S/C12H23N3/c1-7-11(2,3)15-9-14-8-10(15)12(4,5)13-6/h8-9,13H,7H2,1-6H3. The molecule has 0 atom stereocenters. The number of nitrogens with zero attached hydrogens (tertiary/aromatic N) is 2. The quantitative estimate of drug-likeness (QED) is 0.825. The molecule has 3 heteroatoms. The van der Waals surface area contributed by atoms with Crippen LogP contribution in [0.15, 0.2) is 12.5 Å². The van der Waals surface area contributed by atoms with Crippen molar-refractivity contribution in [3.05, 3.63) is 18.2 Å². The molecule has 0 saturated heterocycles. The topological polar surface area (TPSA) is 29.9 Å². The Morgan fingerprint density at radius 1 is 1.33 bits per heavy atom. The van der Waals surface area contributed by atoms with Crippen molar-refractivity contribution < 1.29 is 0 Å². The molecule has 15 heavy (non-hydrogen) atoms. The predicted molar refractivity (Wildman–Crippen MR) is 63.9 cm³/mol. The van der Waals surface area contributed by atoms with Crippen molar-refractivity contribution in [1.29, 1.82) is 0 Å². The van der Waals surface area contributed by atoms with Gasteiger partial charge in [0, 0.05) is 5.54 Å². The summed E-state index contributed by atoms with van der Waals surface area (Å²) in [5.74, 6) is 0. The van der Waals surface area contributed by atoms with Crippen molar-refractivity contribution in [3.8, 4) is 0 Å². The maximum absolute atomic E-state index is 4.27. The van der Waals surface area contributed by atoms with E-state index >= 15 is 0 Å². The first kappa shape index (κ1) is 12.2. The molecule has 1 heterocycles. The highest BCUT2D eigenvalue weighted by atomic mass is 15.1. The Labute approximate surface area is 92.9 Å². The van der Waals surface area contributed by atoms with E-state index in [1.807, 2.05) is 19.6 Å². The zero-order valence-corrected chi connectivity index (χ0v) is 10.8. The van der Waals surface area contributed by atoms with E-state index in [0.29, 0.717) is 0 Å². The van der Waals surface area contributed by atoms with Crippen LogP contribution in [0.1, 0.15) is 46.7 Å². The molecular formula is C12H23N3. The second kappa shape index (κ2) is 3.97. The van der Waals surface area contributed by atoms with Gasteiger partial charge in [0.1, 0.15) is 0 Å². The third-order valence-corrected chi connectivity index (χ3v) is 3.42. The van der Waals surface area contributed by atoms with Crippen LogP contribution in [0, 0.1) is 0 Å². The second-order valence-corrected chi connectivity index (χ2v) is 5.19. The lowest BCUT2D eigenvalue weighted by Gasteiger charge is -2.33. The lowest BCUT2D eigenvalue weighted by Crippen LogP contribution is -2.39. The normalized spacial score (nSPS) is 13.2. The Balaban J connectivity index is 3.18. The summed E-state index contributed by atoms with van der Waals surface area (Å²) in [5.41, 5.74) is 1.32. The maximum Gasteiger partial charge on any atom is 0.0953 e. The van der Waals surface area contributed by atoms with Crippen molar-refractivity contribution in [2.75, 3.05) is 7.05 Å². The molecule has 3 nitrogen and oxygen atoms in total. The smallest absolute Gasteiger partial charge is 0.0953 e. The first-order chi connectivity index (χ1) is 6.85. The van der Waals surface area contributed by atoms with Crippen molar-refractivity contribution in [1.82, 2.24) is 14.9 Å². The molecule has 0 saturated carbocycles. The van der Waals surface area contributed by atoms with Crippen molar-refractivity contribution in [3.63, 3.8) is 0 Å². The summed E-state index contributed by atoms with van der Waals surface area (Å²) in [6.07, 6.45) is 4.97.